The number of alkyl carbamates (subject to hydrolysis) is 1. The molecule has 8 nitrogen and oxygen atoms in total. The van der Waals surface area contributed by atoms with Gasteiger partial charge in [0.1, 0.15) is 11.6 Å². The number of nitrogens with one attached hydrogen (secondary N) is 2. The zero-order valence-electron chi connectivity index (χ0n) is 16.8. The second-order valence-electron chi connectivity index (χ2n) is 7.69. The van der Waals surface area contributed by atoms with Gasteiger partial charge in [0.15, 0.2) is 5.69 Å². The molecule has 2 aromatic heterocycles. The van der Waals surface area contributed by atoms with Crippen LogP contribution in [-0.2, 0) is 10.9 Å². The van der Waals surface area contributed by atoms with Gasteiger partial charge in [0.05, 0.1) is 10.3 Å². The third-order valence-corrected chi connectivity index (χ3v) is 6.35. The number of anilines is 1. The predicted octanol–water partition coefficient (Wildman–Crippen LogP) is 3.17. The highest BCUT2D eigenvalue weighted by Crippen LogP contribution is 2.38. The Morgan fingerprint density at radius 2 is 1.94 bits per heavy atom. The van der Waals surface area contributed by atoms with Crippen molar-refractivity contribution in [3.05, 3.63) is 16.6 Å². The first-order valence-corrected chi connectivity index (χ1v) is 10.9. The Morgan fingerprint density at radius 1 is 1.23 bits per heavy atom. The quantitative estimate of drug-likeness (QED) is 0.716. The van der Waals surface area contributed by atoms with Gasteiger partial charge in [-0.3, -0.25) is 4.79 Å². The number of nitrogens with zero attached hydrogens (tertiary/aromatic N) is 3. The molecule has 0 bridgehead atoms. The Kier molecular flexibility index (Phi) is 5.91. The molecule has 1 saturated heterocycles. The first kappa shape index (κ1) is 21.6. The molecule has 0 radical (unpaired) electrons. The largest absolute Gasteiger partial charge is 0.446 e. The van der Waals surface area contributed by atoms with Gasteiger partial charge in [0.2, 0.25) is 5.95 Å². The molecule has 2 aromatic rings. The molecular weight excluding hydrogens is 435 g/mol. The number of fused-ring (bicyclic) bond motifs is 1. The van der Waals surface area contributed by atoms with E-state index in [9.17, 15) is 22.8 Å². The van der Waals surface area contributed by atoms with Gasteiger partial charge in [-0.15, -0.1) is 11.3 Å². The molecule has 4 rings (SSSR count). The zero-order chi connectivity index (χ0) is 22.2. The average Bonchev–Trinajstić information content (AvgIpc) is 3.48. The van der Waals surface area contributed by atoms with Gasteiger partial charge in [0.25, 0.3) is 5.91 Å². The van der Waals surface area contributed by atoms with Crippen LogP contribution in [0.25, 0.3) is 10.2 Å². The molecule has 0 unspecified atom stereocenters. The fraction of sp³-hybridized carbons (Fsp3) is 0.579. The van der Waals surface area contributed by atoms with Crippen molar-refractivity contribution in [3.63, 3.8) is 0 Å². The first-order chi connectivity index (χ1) is 14.8. The molecule has 31 heavy (non-hydrogen) atoms. The van der Waals surface area contributed by atoms with Crippen molar-refractivity contribution in [2.45, 2.75) is 38.0 Å². The lowest BCUT2D eigenvalue weighted by Crippen LogP contribution is -2.40. The van der Waals surface area contributed by atoms with Crippen LogP contribution in [0.4, 0.5) is 23.9 Å². The van der Waals surface area contributed by atoms with E-state index in [1.807, 2.05) is 0 Å². The van der Waals surface area contributed by atoms with Gasteiger partial charge < -0.3 is 20.3 Å². The molecule has 1 aliphatic heterocycles. The number of carbonyl (C=O) groups is 2. The van der Waals surface area contributed by atoms with Crippen LogP contribution in [0.5, 0.6) is 0 Å². The van der Waals surface area contributed by atoms with Crippen LogP contribution in [0, 0.1) is 5.92 Å². The van der Waals surface area contributed by atoms with Crippen molar-refractivity contribution in [2.75, 3.05) is 31.6 Å². The van der Waals surface area contributed by atoms with E-state index in [1.54, 1.807) is 4.90 Å². The summed E-state index contributed by atoms with van der Waals surface area (Å²) in [7, 11) is 1.41. The molecule has 1 aliphatic carbocycles. The van der Waals surface area contributed by atoms with Crippen LogP contribution >= 0.6 is 11.3 Å². The molecule has 0 spiro atoms. The lowest BCUT2D eigenvalue weighted by atomic mass is 10.1. The molecule has 2 aliphatic rings. The van der Waals surface area contributed by atoms with Crippen molar-refractivity contribution >= 4 is 39.5 Å². The van der Waals surface area contributed by atoms with E-state index in [-0.39, 0.29) is 27.8 Å². The van der Waals surface area contributed by atoms with E-state index < -0.39 is 23.9 Å². The molecular formula is C19H22F3N5O3S. The molecule has 1 saturated carbocycles. The normalized spacial score (nSPS) is 17.6. The Labute approximate surface area is 180 Å². The number of ether oxygens (including phenoxy) is 1. The molecule has 2 N–H and O–H groups in total. The van der Waals surface area contributed by atoms with Crippen LogP contribution in [0.3, 0.4) is 0 Å². The maximum Gasteiger partial charge on any atom is 0.434 e. The first-order valence-electron chi connectivity index (χ1n) is 10.0. The van der Waals surface area contributed by atoms with Crippen LogP contribution in [0.15, 0.2) is 5.38 Å². The molecule has 0 aromatic carbocycles. The fourth-order valence-electron chi connectivity index (χ4n) is 3.45. The standard InChI is InChI=1S/C19H22F3N5O3S/c1-23-16(28)12-9-31-14-13(12)25-17(26-15(14)19(20,21)22)27-6-4-11(5-7-27)30-18(29)24-8-10-2-3-10/h9-11H,2-8H2,1H3,(H,23,28)(H,24,29). The van der Waals surface area contributed by atoms with Crippen molar-refractivity contribution < 1.29 is 27.5 Å². The van der Waals surface area contributed by atoms with Crippen molar-refractivity contribution in [3.8, 4) is 0 Å². The number of aromatic nitrogens is 2. The second kappa shape index (κ2) is 8.48. The number of amides is 2. The highest BCUT2D eigenvalue weighted by atomic mass is 32.1. The van der Waals surface area contributed by atoms with Crippen molar-refractivity contribution in [1.29, 1.82) is 0 Å². The number of thiophene rings is 1. The Balaban J connectivity index is 1.50. The minimum atomic E-state index is -4.68. The summed E-state index contributed by atoms with van der Waals surface area (Å²) < 4.78 is 46.1. The molecule has 12 heteroatoms. The number of alkyl halides is 3. The topological polar surface area (TPSA) is 96.5 Å². The van der Waals surface area contributed by atoms with E-state index in [0.29, 0.717) is 38.4 Å². The van der Waals surface area contributed by atoms with Crippen LogP contribution < -0.4 is 15.5 Å². The van der Waals surface area contributed by atoms with Gasteiger partial charge in [0, 0.05) is 44.9 Å². The van der Waals surface area contributed by atoms with Crippen molar-refractivity contribution in [2.24, 2.45) is 5.92 Å². The maximum absolute atomic E-state index is 13.6. The van der Waals surface area contributed by atoms with Crippen LogP contribution in [-0.4, -0.2) is 54.8 Å². The summed E-state index contributed by atoms with van der Waals surface area (Å²) in [6, 6.07) is 0. The molecule has 168 valence electrons. The van der Waals surface area contributed by atoms with E-state index in [2.05, 4.69) is 20.6 Å². The van der Waals surface area contributed by atoms with Crippen LogP contribution in [0.1, 0.15) is 41.7 Å². The summed E-state index contributed by atoms with van der Waals surface area (Å²) in [5.74, 6) is -0.0468. The van der Waals surface area contributed by atoms with Gasteiger partial charge in [-0.25, -0.2) is 14.8 Å². The third-order valence-electron chi connectivity index (χ3n) is 5.37. The Bertz CT molecular complexity index is 984. The number of rotatable bonds is 5. The van der Waals surface area contributed by atoms with E-state index in [4.69, 9.17) is 4.74 Å². The molecule has 3 heterocycles. The summed E-state index contributed by atoms with van der Waals surface area (Å²) in [5, 5.41) is 6.52. The summed E-state index contributed by atoms with van der Waals surface area (Å²) in [4.78, 5) is 33.6. The van der Waals surface area contributed by atoms with Crippen LogP contribution in [0.2, 0.25) is 0 Å². The summed E-state index contributed by atoms with van der Waals surface area (Å²) >= 11 is 0.796. The zero-order valence-corrected chi connectivity index (χ0v) is 17.6. The highest BCUT2D eigenvalue weighted by molar-refractivity contribution is 7.17. The Hall–Kier alpha value is -2.63. The lowest BCUT2D eigenvalue weighted by molar-refractivity contribution is -0.139. The molecule has 0 atom stereocenters. The third kappa shape index (κ3) is 4.83. The van der Waals surface area contributed by atoms with Gasteiger partial charge in [-0.2, -0.15) is 13.2 Å². The van der Waals surface area contributed by atoms with E-state index in [0.717, 1.165) is 24.2 Å². The number of piperidine rings is 1. The summed E-state index contributed by atoms with van der Waals surface area (Å²) in [6.45, 7) is 1.28. The van der Waals surface area contributed by atoms with E-state index in [1.165, 1.54) is 12.4 Å². The van der Waals surface area contributed by atoms with Gasteiger partial charge in [-0.05, 0) is 18.8 Å². The van der Waals surface area contributed by atoms with Gasteiger partial charge >= 0.3 is 12.3 Å². The smallest absolute Gasteiger partial charge is 0.434 e. The van der Waals surface area contributed by atoms with Crippen molar-refractivity contribution in [1.82, 2.24) is 20.6 Å². The number of hydrogen-bond donors (Lipinski definition) is 2. The predicted molar refractivity (Wildman–Crippen MR) is 108 cm³/mol. The summed E-state index contributed by atoms with van der Waals surface area (Å²) in [6.07, 6.45) is -2.32. The minimum absolute atomic E-state index is 0.0143. The number of carbonyl (C=O) groups excluding carboxylic acids is 2. The molecule has 2 amide bonds. The average molecular weight is 457 g/mol. The lowest BCUT2D eigenvalue weighted by Gasteiger charge is -2.32. The monoisotopic (exact) mass is 457 g/mol. The minimum Gasteiger partial charge on any atom is -0.446 e. The number of hydrogen-bond acceptors (Lipinski definition) is 7. The molecule has 2 fully saturated rings. The SMILES string of the molecule is CNC(=O)c1csc2c(C(F)(F)F)nc(N3CCC(OC(=O)NCC4CC4)CC3)nc12. The second-order valence-corrected chi connectivity index (χ2v) is 8.57. The Morgan fingerprint density at radius 3 is 2.55 bits per heavy atom. The van der Waals surface area contributed by atoms with Gasteiger partial charge in [-0.1, -0.05) is 0 Å². The highest BCUT2D eigenvalue weighted by Gasteiger charge is 2.38. The maximum atomic E-state index is 13.6. The summed E-state index contributed by atoms with van der Waals surface area (Å²) in [5.41, 5.74) is -0.979. The number of halogens is 3. The van der Waals surface area contributed by atoms with E-state index >= 15 is 0 Å². The fourth-order valence-corrected chi connectivity index (χ4v) is 4.45.